The first-order valence-corrected chi connectivity index (χ1v) is 10.3. The third-order valence-corrected chi connectivity index (χ3v) is 5.27. The molecule has 0 aliphatic carbocycles. The van der Waals surface area contributed by atoms with Gasteiger partial charge in [-0.1, -0.05) is 76.3 Å². The van der Waals surface area contributed by atoms with Gasteiger partial charge in [-0.25, -0.2) is 0 Å². The highest BCUT2D eigenvalue weighted by Crippen LogP contribution is 2.35. The Balaban J connectivity index is 2.03. The van der Waals surface area contributed by atoms with E-state index in [4.69, 9.17) is 0 Å². The van der Waals surface area contributed by atoms with Crippen molar-refractivity contribution >= 4 is 29.3 Å². The molecule has 0 N–H and O–H groups in total. The minimum atomic E-state index is -0.625. The highest BCUT2D eigenvalue weighted by Gasteiger charge is 2.37. The number of nitro benzene ring substituents is 2. The van der Waals surface area contributed by atoms with Gasteiger partial charge in [-0.3, -0.25) is 25.0 Å². The van der Waals surface area contributed by atoms with Crippen LogP contribution in [0.2, 0.25) is 0 Å². The van der Waals surface area contributed by atoms with Gasteiger partial charge in [-0.2, -0.15) is 0 Å². The normalized spacial score (nSPS) is 12.4. The predicted molar refractivity (Wildman–Crippen MR) is 126 cm³/mol. The molecule has 32 heavy (non-hydrogen) atoms. The molecule has 0 amide bonds. The zero-order valence-electron chi connectivity index (χ0n) is 18.8. The summed E-state index contributed by atoms with van der Waals surface area (Å²) in [6.07, 6.45) is 8.30. The Labute approximate surface area is 187 Å². The Morgan fingerprint density at radius 2 is 1.16 bits per heavy atom. The van der Waals surface area contributed by atoms with Crippen LogP contribution in [0, 0.1) is 31.1 Å². The van der Waals surface area contributed by atoms with Crippen LogP contribution in [0.15, 0.2) is 60.7 Å². The lowest BCUT2D eigenvalue weighted by atomic mass is 9.70. The first-order chi connectivity index (χ1) is 14.9. The zero-order chi connectivity index (χ0) is 23.9. The Hall–Kier alpha value is -3.61. The maximum Gasteiger partial charge on any atom is 0.270 e. The molecule has 0 heterocycles. The van der Waals surface area contributed by atoms with E-state index in [0.717, 1.165) is 0 Å². The van der Waals surface area contributed by atoms with Crippen LogP contribution in [0.3, 0.4) is 0 Å². The fraction of sp³-hybridized carbons (Fsp3) is 0.320. The lowest BCUT2D eigenvalue weighted by Crippen LogP contribution is -2.36. The molecule has 2 rings (SSSR count). The van der Waals surface area contributed by atoms with Crippen LogP contribution >= 0.6 is 0 Å². The number of carbonyl (C=O) groups is 1. The summed E-state index contributed by atoms with van der Waals surface area (Å²) in [7, 11) is 0. The monoisotopic (exact) mass is 436 g/mol. The van der Waals surface area contributed by atoms with Crippen molar-refractivity contribution in [3.05, 3.63) is 92.0 Å². The van der Waals surface area contributed by atoms with Crippen molar-refractivity contribution in [3.8, 4) is 0 Å². The number of non-ortho nitro benzene ring substituents is 2. The van der Waals surface area contributed by atoms with Gasteiger partial charge in [-0.05, 0) is 24.0 Å². The average Bonchev–Trinajstić information content (AvgIpc) is 2.73. The van der Waals surface area contributed by atoms with Gasteiger partial charge in [-0.15, -0.1) is 0 Å². The largest absolute Gasteiger partial charge is 0.298 e. The number of Topliss-reactive ketones (excluding diaryl/α,β-unsaturated/α-hetero) is 1. The number of hydrogen-bond donors (Lipinski definition) is 0. The lowest BCUT2D eigenvalue weighted by molar-refractivity contribution is -0.385. The van der Waals surface area contributed by atoms with Crippen molar-refractivity contribution in [2.45, 2.75) is 40.5 Å². The van der Waals surface area contributed by atoms with Crippen LogP contribution in [0.25, 0.3) is 12.2 Å². The molecule has 0 aromatic heterocycles. The summed E-state index contributed by atoms with van der Waals surface area (Å²) in [6, 6.07) is 12.7. The van der Waals surface area contributed by atoms with Crippen LogP contribution in [0.4, 0.5) is 11.4 Å². The standard InChI is InChI=1S/C25H28N2O5/c1-24(2,15-7-11-19-9-5-13-21(17-19)26(29)30)23(28)25(3,4)16-8-12-20-10-6-14-22(18-20)27(31)32/h5-14,17-18H,15-16H2,1-4H3. The predicted octanol–water partition coefficient (Wildman–Crippen LogP) is 6.63. The van der Waals surface area contributed by atoms with Crippen LogP contribution in [-0.2, 0) is 4.79 Å². The summed E-state index contributed by atoms with van der Waals surface area (Å²) < 4.78 is 0. The number of rotatable bonds is 10. The second-order valence-electron chi connectivity index (χ2n) is 9.01. The van der Waals surface area contributed by atoms with E-state index in [1.54, 1.807) is 36.4 Å². The number of allylic oxidation sites excluding steroid dienone is 2. The minimum Gasteiger partial charge on any atom is -0.298 e. The van der Waals surface area contributed by atoms with Crippen LogP contribution in [0.5, 0.6) is 0 Å². The summed E-state index contributed by atoms with van der Waals surface area (Å²) >= 11 is 0. The highest BCUT2D eigenvalue weighted by molar-refractivity contribution is 5.89. The number of hydrogen-bond acceptors (Lipinski definition) is 5. The fourth-order valence-corrected chi connectivity index (χ4v) is 3.56. The Morgan fingerprint density at radius 3 is 1.50 bits per heavy atom. The van der Waals surface area contributed by atoms with Gasteiger partial charge in [0.05, 0.1) is 9.85 Å². The van der Waals surface area contributed by atoms with Gasteiger partial charge in [0.2, 0.25) is 0 Å². The first kappa shape index (κ1) is 24.7. The van der Waals surface area contributed by atoms with Crippen molar-refractivity contribution < 1.29 is 14.6 Å². The summed E-state index contributed by atoms with van der Waals surface area (Å²) in [5.74, 6) is 0.0948. The number of nitrogens with zero attached hydrogens (tertiary/aromatic N) is 2. The van der Waals surface area contributed by atoms with Gasteiger partial charge in [0.1, 0.15) is 5.78 Å². The van der Waals surface area contributed by atoms with Crippen LogP contribution in [-0.4, -0.2) is 15.6 Å². The number of carbonyl (C=O) groups excluding carboxylic acids is 1. The summed E-state index contributed by atoms with van der Waals surface area (Å²) in [4.78, 5) is 34.2. The van der Waals surface area contributed by atoms with Crippen LogP contribution in [0.1, 0.15) is 51.7 Å². The third-order valence-electron chi connectivity index (χ3n) is 5.27. The Kier molecular flexibility index (Phi) is 7.81. The molecule has 7 heteroatoms. The molecule has 0 saturated heterocycles. The summed E-state index contributed by atoms with van der Waals surface area (Å²) in [5, 5.41) is 21.8. The molecule has 0 spiro atoms. The van der Waals surface area contributed by atoms with E-state index in [0.29, 0.717) is 24.0 Å². The Bertz CT molecular complexity index is 984. The SMILES string of the molecule is CC(C)(CC=Cc1cccc([N+](=O)[O-])c1)C(=O)C(C)(C)CC=Cc1cccc([N+](=O)[O-])c1. The molecule has 0 saturated carbocycles. The van der Waals surface area contributed by atoms with Crippen molar-refractivity contribution in [2.75, 3.05) is 0 Å². The van der Waals surface area contributed by atoms with Gasteiger partial charge < -0.3 is 0 Å². The summed E-state index contributed by atoms with van der Waals surface area (Å²) in [6.45, 7) is 7.55. The maximum atomic E-state index is 13.2. The minimum absolute atomic E-state index is 0.0270. The van der Waals surface area contributed by atoms with E-state index in [9.17, 15) is 25.0 Å². The smallest absolute Gasteiger partial charge is 0.270 e. The first-order valence-electron chi connectivity index (χ1n) is 10.3. The topological polar surface area (TPSA) is 103 Å². The average molecular weight is 437 g/mol. The van der Waals surface area contributed by atoms with Gasteiger partial charge in [0.25, 0.3) is 11.4 Å². The molecule has 168 valence electrons. The fourth-order valence-electron chi connectivity index (χ4n) is 3.56. The molecule has 7 nitrogen and oxygen atoms in total. The second kappa shape index (κ2) is 10.1. The van der Waals surface area contributed by atoms with Gasteiger partial charge in [0.15, 0.2) is 0 Å². The summed E-state index contributed by atoms with van der Waals surface area (Å²) in [5.41, 5.74) is 0.224. The lowest BCUT2D eigenvalue weighted by Gasteiger charge is -2.32. The van der Waals surface area contributed by atoms with Crippen molar-refractivity contribution in [2.24, 2.45) is 10.8 Å². The van der Waals surface area contributed by atoms with Crippen molar-refractivity contribution in [1.29, 1.82) is 0 Å². The third kappa shape index (κ3) is 6.70. The molecule has 0 radical (unpaired) electrons. The van der Waals surface area contributed by atoms with E-state index in [1.807, 2.05) is 39.8 Å². The van der Waals surface area contributed by atoms with E-state index in [1.165, 1.54) is 24.3 Å². The van der Waals surface area contributed by atoms with Crippen molar-refractivity contribution in [1.82, 2.24) is 0 Å². The molecular formula is C25H28N2O5. The zero-order valence-corrected chi connectivity index (χ0v) is 18.8. The molecule has 2 aromatic rings. The molecule has 0 unspecified atom stereocenters. The molecular weight excluding hydrogens is 408 g/mol. The highest BCUT2D eigenvalue weighted by atomic mass is 16.6. The molecule has 0 atom stereocenters. The van der Waals surface area contributed by atoms with Gasteiger partial charge in [0, 0.05) is 35.1 Å². The van der Waals surface area contributed by atoms with E-state index < -0.39 is 20.7 Å². The molecule has 0 aliphatic rings. The Morgan fingerprint density at radius 1 is 0.781 bits per heavy atom. The number of benzene rings is 2. The number of ketones is 1. The second-order valence-corrected chi connectivity index (χ2v) is 9.01. The quantitative estimate of drug-likeness (QED) is 0.307. The molecule has 2 aromatic carbocycles. The van der Waals surface area contributed by atoms with Crippen LogP contribution < -0.4 is 0 Å². The van der Waals surface area contributed by atoms with Crippen molar-refractivity contribution in [3.63, 3.8) is 0 Å². The van der Waals surface area contributed by atoms with Gasteiger partial charge >= 0.3 is 0 Å². The van der Waals surface area contributed by atoms with E-state index in [-0.39, 0.29) is 17.2 Å². The molecule has 0 aliphatic heterocycles. The maximum absolute atomic E-state index is 13.2. The molecule has 0 fully saturated rings. The van der Waals surface area contributed by atoms with E-state index in [2.05, 4.69) is 0 Å². The van der Waals surface area contributed by atoms with E-state index >= 15 is 0 Å². The number of nitro groups is 2. The molecule has 0 bridgehead atoms.